The number of anilines is 1. The Labute approximate surface area is 187 Å². The predicted molar refractivity (Wildman–Crippen MR) is 121 cm³/mol. The van der Waals surface area contributed by atoms with E-state index in [0.717, 1.165) is 11.1 Å². The van der Waals surface area contributed by atoms with Crippen LogP contribution >= 0.6 is 23.2 Å². The van der Waals surface area contributed by atoms with Gasteiger partial charge in [-0.1, -0.05) is 35.3 Å². The Morgan fingerprint density at radius 3 is 2.45 bits per heavy atom. The monoisotopic (exact) mass is 450 g/mol. The van der Waals surface area contributed by atoms with Crippen LogP contribution in [0.3, 0.4) is 0 Å². The first-order valence-electron chi connectivity index (χ1n) is 9.63. The van der Waals surface area contributed by atoms with Crippen LogP contribution in [0.1, 0.15) is 38.9 Å². The molecule has 0 aliphatic carbocycles. The Balaban J connectivity index is 1.83. The number of fused-ring (bicyclic) bond motifs is 2. The SMILES string of the molecule is Cc1cc2oc3c(c(=O)c2cc1C)C(c1cccc(Cl)c1)N(c1ccc(Cl)cn1)C3=O. The summed E-state index contributed by atoms with van der Waals surface area (Å²) in [7, 11) is 0. The average molecular weight is 451 g/mol. The number of benzene rings is 2. The van der Waals surface area contributed by atoms with Crippen LogP contribution in [0, 0.1) is 13.8 Å². The fourth-order valence-corrected chi connectivity index (χ4v) is 4.28. The highest BCUT2D eigenvalue weighted by molar-refractivity contribution is 6.31. The highest BCUT2D eigenvalue weighted by atomic mass is 35.5. The zero-order valence-corrected chi connectivity index (χ0v) is 18.2. The summed E-state index contributed by atoms with van der Waals surface area (Å²) in [6.07, 6.45) is 1.46. The van der Waals surface area contributed by atoms with Crippen molar-refractivity contribution in [3.05, 3.63) is 103 Å². The van der Waals surface area contributed by atoms with E-state index in [9.17, 15) is 9.59 Å². The number of hydrogen-bond donors (Lipinski definition) is 0. The third kappa shape index (κ3) is 3.12. The number of carbonyl (C=O) groups is 1. The van der Waals surface area contributed by atoms with Crippen LogP contribution < -0.4 is 10.3 Å². The number of halogens is 2. The highest BCUT2D eigenvalue weighted by Gasteiger charge is 2.44. The van der Waals surface area contributed by atoms with E-state index in [2.05, 4.69) is 4.98 Å². The second-order valence-electron chi connectivity index (χ2n) is 7.57. The van der Waals surface area contributed by atoms with Gasteiger partial charge in [0, 0.05) is 11.2 Å². The smallest absolute Gasteiger partial charge is 0.296 e. The number of aryl methyl sites for hydroxylation is 2. The molecule has 4 aromatic rings. The van der Waals surface area contributed by atoms with E-state index >= 15 is 0 Å². The summed E-state index contributed by atoms with van der Waals surface area (Å²) < 4.78 is 6.01. The van der Waals surface area contributed by atoms with Crippen molar-refractivity contribution in [2.45, 2.75) is 19.9 Å². The van der Waals surface area contributed by atoms with Gasteiger partial charge in [0.05, 0.1) is 22.0 Å². The molecule has 3 heterocycles. The van der Waals surface area contributed by atoms with Gasteiger partial charge in [0.1, 0.15) is 11.4 Å². The molecule has 1 aliphatic heterocycles. The van der Waals surface area contributed by atoms with Gasteiger partial charge in [-0.2, -0.15) is 0 Å². The lowest BCUT2D eigenvalue weighted by Crippen LogP contribution is -2.30. The third-order valence-corrected chi connectivity index (χ3v) is 6.07. The van der Waals surface area contributed by atoms with E-state index in [4.69, 9.17) is 27.6 Å². The normalized spacial score (nSPS) is 15.5. The summed E-state index contributed by atoms with van der Waals surface area (Å²) in [6, 6.07) is 13.2. The van der Waals surface area contributed by atoms with Crippen LogP contribution in [-0.4, -0.2) is 10.9 Å². The minimum absolute atomic E-state index is 0.0162. The predicted octanol–water partition coefficient (Wildman–Crippen LogP) is 5.86. The maximum absolute atomic E-state index is 13.6. The number of rotatable bonds is 2. The van der Waals surface area contributed by atoms with Crippen molar-refractivity contribution >= 4 is 45.9 Å². The van der Waals surface area contributed by atoms with Crippen molar-refractivity contribution in [3.63, 3.8) is 0 Å². The molecule has 1 amide bonds. The number of hydrogen-bond acceptors (Lipinski definition) is 4. The van der Waals surface area contributed by atoms with E-state index in [-0.39, 0.29) is 16.8 Å². The molecule has 5 nitrogen and oxygen atoms in total. The number of aromatic nitrogens is 1. The van der Waals surface area contributed by atoms with Crippen molar-refractivity contribution in [1.82, 2.24) is 4.98 Å². The van der Waals surface area contributed by atoms with Crippen molar-refractivity contribution in [1.29, 1.82) is 0 Å². The summed E-state index contributed by atoms with van der Waals surface area (Å²) in [6.45, 7) is 3.87. The lowest BCUT2D eigenvalue weighted by Gasteiger charge is -2.24. The first-order valence-corrected chi connectivity index (χ1v) is 10.4. The van der Waals surface area contributed by atoms with E-state index in [1.165, 1.54) is 11.1 Å². The Morgan fingerprint density at radius 1 is 0.968 bits per heavy atom. The van der Waals surface area contributed by atoms with Crippen LogP contribution in [0.4, 0.5) is 5.82 Å². The second-order valence-corrected chi connectivity index (χ2v) is 8.45. The van der Waals surface area contributed by atoms with E-state index < -0.39 is 11.9 Å². The molecule has 7 heteroatoms. The minimum Gasteiger partial charge on any atom is -0.450 e. The molecule has 1 aliphatic rings. The van der Waals surface area contributed by atoms with Gasteiger partial charge >= 0.3 is 0 Å². The van der Waals surface area contributed by atoms with Gasteiger partial charge in [-0.15, -0.1) is 0 Å². The van der Waals surface area contributed by atoms with Crippen LogP contribution in [-0.2, 0) is 0 Å². The third-order valence-electron chi connectivity index (χ3n) is 5.61. The molecule has 0 bridgehead atoms. The molecule has 2 aromatic heterocycles. The van der Waals surface area contributed by atoms with Crippen molar-refractivity contribution < 1.29 is 9.21 Å². The van der Waals surface area contributed by atoms with Crippen LogP contribution in [0.15, 0.2) is 63.9 Å². The van der Waals surface area contributed by atoms with Gasteiger partial charge in [0.25, 0.3) is 5.91 Å². The van der Waals surface area contributed by atoms with Gasteiger partial charge < -0.3 is 4.42 Å². The second kappa shape index (κ2) is 7.22. The average Bonchev–Trinajstić information content (AvgIpc) is 3.03. The van der Waals surface area contributed by atoms with Gasteiger partial charge in [-0.05, 0) is 66.9 Å². The topological polar surface area (TPSA) is 63.4 Å². The number of carbonyl (C=O) groups excluding carboxylic acids is 1. The maximum Gasteiger partial charge on any atom is 0.296 e. The number of nitrogens with zero attached hydrogens (tertiary/aromatic N) is 2. The van der Waals surface area contributed by atoms with E-state index in [1.54, 1.807) is 42.5 Å². The van der Waals surface area contributed by atoms with E-state index in [1.807, 2.05) is 19.9 Å². The first kappa shape index (κ1) is 19.8. The lowest BCUT2D eigenvalue weighted by molar-refractivity contribution is 0.0970. The molecule has 1 atom stereocenters. The fourth-order valence-electron chi connectivity index (χ4n) is 3.97. The molecular formula is C24H16Cl2N2O3. The maximum atomic E-state index is 13.6. The first-order chi connectivity index (χ1) is 14.8. The van der Waals surface area contributed by atoms with Crippen molar-refractivity contribution in [2.75, 3.05) is 4.90 Å². The molecular weight excluding hydrogens is 435 g/mol. The zero-order chi connectivity index (χ0) is 21.9. The van der Waals surface area contributed by atoms with Gasteiger partial charge in [0.15, 0.2) is 5.43 Å². The van der Waals surface area contributed by atoms with Crippen molar-refractivity contribution in [3.8, 4) is 0 Å². The molecule has 0 fully saturated rings. The Kier molecular flexibility index (Phi) is 4.61. The Bertz CT molecular complexity index is 1430. The summed E-state index contributed by atoms with van der Waals surface area (Å²) in [4.78, 5) is 32.9. The Morgan fingerprint density at radius 2 is 1.74 bits per heavy atom. The molecule has 1 unspecified atom stereocenters. The highest BCUT2D eigenvalue weighted by Crippen LogP contribution is 2.41. The molecule has 0 spiro atoms. The van der Waals surface area contributed by atoms with Crippen LogP contribution in [0.25, 0.3) is 11.0 Å². The summed E-state index contributed by atoms with van der Waals surface area (Å²) >= 11 is 12.2. The summed E-state index contributed by atoms with van der Waals surface area (Å²) in [5.74, 6) is -0.0592. The summed E-state index contributed by atoms with van der Waals surface area (Å²) in [5.41, 5.74) is 3.06. The largest absolute Gasteiger partial charge is 0.450 e. The zero-order valence-electron chi connectivity index (χ0n) is 16.6. The van der Waals surface area contributed by atoms with Crippen LogP contribution in [0.5, 0.6) is 0 Å². The molecule has 0 saturated carbocycles. The lowest BCUT2D eigenvalue weighted by atomic mass is 9.97. The molecule has 31 heavy (non-hydrogen) atoms. The van der Waals surface area contributed by atoms with Gasteiger partial charge in [-0.25, -0.2) is 4.98 Å². The summed E-state index contributed by atoms with van der Waals surface area (Å²) in [5, 5.41) is 1.38. The standard InChI is InChI=1S/C24H16Cl2N2O3/c1-12-8-17-18(9-13(12)2)31-23-20(22(17)29)21(14-4-3-5-15(25)10-14)28(24(23)30)19-7-6-16(26)11-27-19/h3-11,21H,1-2H3. The Hall–Kier alpha value is -3.15. The quantitative estimate of drug-likeness (QED) is 0.383. The molecule has 0 N–H and O–H groups in total. The number of pyridine rings is 1. The van der Waals surface area contributed by atoms with E-state index in [0.29, 0.717) is 32.4 Å². The van der Waals surface area contributed by atoms with Crippen LogP contribution in [0.2, 0.25) is 10.0 Å². The molecule has 154 valence electrons. The van der Waals surface area contributed by atoms with Crippen molar-refractivity contribution in [2.24, 2.45) is 0 Å². The molecule has 2 aromatic carbocycles. The minimum atomic E-state index is -0.725. The van der Waals surface area contributed by atoms with Gasteiger partial charge in [0.2, 0.25) is 5.76 Å². The van der Waals surface area contributed by atoms with Gasteiger partial charge in [-0.3, -0.25) is 14.5 Å². The molecule has 5 rings (SSSR count). The fraction of sp³-hybridized carbons (Fsp3) is 0.125. The molecule has 0 saturated heterocycles. The molecule has 0 radical (unpaired) electrons. The number of amides is 1.